The second kappa shape index (κ2) is 18.6. The maximum Gasteiger partial charge on any atom is 0.0106 e. The van der Waals surface area contributed by atoms with Crippen LogP contribution in [0.3, 0.4) is 0 Å². The molecule has 0 heterocycles. The third-order valence-corrected chi connectivity index (χ3v) is 11.5. The van der Waals surface area contributed by atoms with Gasteiger partial charge in [-0.15, -0.1) is 0 Å². The molecule has 0 aromatic rings. The molecule has 0 aliphatic heterocycles. The van der Waals surface area contributed by atoms with Gasteiger partial charge < -0.3 is 0 Å². The van der Waals surface area contributed by atoms with E-state index in [4.69, 9.17) is 0 Å². The smallest absolute Gasteiger partial charge is 0.0106 e. The van der Waals surface area contributed by atoms with Crippen LogP contribution >= 0.6 is 11.8 Å². The molecule has 2 aliphatic carbocycles. The highest BCUT2D eigenvalue weighted by Crippen LogP contribution is 2.47. The van der Waals surface area contributed by atoms with E-state index in [0.29, 0.717) is 0 Å². The summed E-state index contributed by atoms with van der Waals surface area (Å²) in [5, 5.41) is 1.87. The summed E-state index contributed by atoms with van der Waals surface area (Å²) in [4.78, 5) is 0. The minimum absolute atomic E-state index is 0.936. The molecular weight excluding hydrogens is 416 g/mol. The van der Waals surface area contributed by atoms with Crippen molar-refractivity contribution >= 4 is 11.8 Å². The van der Waals surface area contributed by atoms with Crippen molar-refractivity contribution < 1.29 is 0 Å². The van der Waals surface area contributed by atoms with E-state index >= 15 is 0 Å². The van der Waals surface area contributed by atoms with E-state index in [1.807, 2.05) is 0 Å². The molecule has 2 rings (SSSR count). The molecule has 33 heavy (non-hydrogen) atoms. The molecule has 2 saturated carbocycles. The van der Waals surface area contributed by atoms with E-state index in [0.717, 1.165) is 34.2 Å². The van der Waals surface area contributed by atoms with Crippen molar-refractivity contribution in [2.24, 2.45) is 23.7 Å². The predicted molar refractivity (Wildman–Crippen MR) is 153 cm³/mol. The molecule has 0 amide bonds. The highest BCUT2D eigenvalue weighted by Gasteiger charge is 2.36. The van der Waals surface area contributed by atoms with Crippen molar-refractivity contribution in [3.05, 3.63) is 0 Å². The van der Waals surface area contributed by atoms with Gasteiger partial charge in [0.2, 0.25) is 0 Å². The zero-order chi connectivity index (χ0) is 23.7. The highest BCUT2D eigenvalue weighted by atomic mass is 32.2. The zero-order valence-corrected chi connectivity index (χ0v) is 24.2. The normalized spacial score (nSPS) is 23.6. The lowest BCUT2D eigenvalue weighted by Crippen LogP contribution is -2.35. The summed E-state index contributed by atoms with van der Waals surface area (Å²) in [6.45, 7) is 9.85. The Balaban J connectivity index is 2.28. The Labute approximate surface area is 214 Å². The second-order valence-electron chi connectivity index (χ2n) is 11.9. The molecule has 0 spiro atoms. The van der Waals surface area contributed by atoms with Gasteiger partial charge >= 0.3 is 0 Å². The van der Waals surface area contributed by atoms with Crippen LogP contribution in [0.25, 0.3) is 0 Å². The van der Waals surface area contributed by atoms with E-state index in [2.05, 4.69) is 39.5 Å². The molecule has 0 aromatic heterocycles. The average Bonchev–Trinajstić information content (AvgIpc) is 2.78. The molecule has 0 radical (unpaired) electrons. The fourth-order valence-corrected chi connectivity index (χ4v) is 9.62. The van der Waals surface area contributed by atoms with Crippen LogP contribution in [0.15, 0.2) is 0 Å². The summed E-state index contributed by atoms with van der Waals surface area (Å²) in [6, 6.07) is 0. The first-order valence-corrected chi connectivity index (χ1v) is 16.8. The molecule has 2 fully saturated rings. The van der Waals surface area contributed by atoms with Crippen LogP contribution < -0.4 is 0 Å². The maximum atomic E-state index is 2.60. The Kier molecular flexibility index (Phi) is 16.7. The molecule has 196 valence electrons. The molecule has 1 heteroatoms. The van der Waals surface area contributed by atoms with E-state index < -0.39 is 0 Å². The minimum Gasteiger partial charge on any atom is -0.154 e. The van der Waals surface area contributed by atoms with E-state index in [9.17, 15) is 0 Å². The van der Waals surface area contributed by atoms with Gasteiger partial charge in [0.25, 0.3) is 0 Å². The van der Waals surface area contributed by atoms with Crippen LogP contribution in [0.2, 0.25) is 0 Å². The average molecular weight is 479 g/mol. The Morgan fingerprint density at radius 1 is 0.515 bits per heavy atom. The molecule has 2 aliphatic rings. The van der Waals surface area contributed by atoms with Crippen molar-refractivity contribution in [2.75, 3.05) is 0 Å². The molecule has 0 nitrogen and oxygen atoms in total. The summed E-state index contributed by atoms with van der Waals surface area (Å²) < 4.78 is 0. The van der Waals surface area contributed by atoms with Gasteiger partial charge in [0.1, 0.15) is 0 Å². The van der Waals surface area contributed by atoms with Crippen LogP contribution in [0.5, 0.6) is 0 Å². The van der Waals surface area contributed by atoms with Crippen LogP contribution in [0.1, 0.15) is 169 Å². The quantitative estimate of drug-likeness (QED) is 0.239. The number of hydrogen-bond donors (Lipinski definition) is 0. The SMILES string of the molecule is CCCCC(CC)C(SC(C(CC)CCCC)C1CCCCCCC1)C1CCCCCCC1. The largest absolute Gasteiger partial charge is 0.154 e. The lowest BCUT2D eigenvalue weighted by Gasteiger charge is -2.42. The van der Waals surface area contributed by atoms with E-state index in [1.165, 1.54) is 141 Å². The first-order valence-electron chi connectivity index (χ1n) is 15.9. The summed E-state index contributed by atoms with van der Waals surface area (Å²) in [7, 11) is 0. The first-order chi connectivity index (χ1) is 16.2. The fourth-order valence-electron chi connectivity index (χ4n) is 7.16. The summed E-state index contributed by atoms with van der Waals surface area (Å²) in [5.41, 5.74) is 0. The van der Waals surface area contributed by atoms with Crippen molar-refractivity contribution in [1.29, 1.82) is 0 Å². The van der Waals surface area contributed by atoms with Gasteiger partial charge in [-0.1, -0.05) is 130 Å². The fraction of sp³-hybridized carbons (Fsp3) is 1.00. The lowest BCUT2D eigenvalue weighted by atomic mass is 9.80. The number of hydrogen-bond acceptors (Lipinski definition) is 1. The molecule has 0 aromatic carbocycles. The predicted octanol–water partition coefficient (Wildman–Crippen LogP) is 11.6. The lowest BCUT2D eigenvalue weighted by molar-refractivity contribution is 0.278. The third kappa shape index (κ3) is 10.9. The topological polar surface area (TPSA) is 0 Å². The Morgan fingerprint density at radius 2 is 0.848 bits per heavy atom. The molecule has 0 N–H and O–H groups in total. The number of rotatable bonds is 14. The zero-order valence-electron chi connectivity index (χ0n) is 23.4. The Bertz CT molecular complexity index is 390. The van der Waals surface area contributed by atoms with E-state index in [-0.39, 0.29) is 0 Å². The minimum atomic E-state index is 0.936. The van der Waals surface area contributed by atoms with Crippen molar-refractivity contribution in [2.45, 2.75) is 179 Å². The van der Waals surface area contributed by atoms with Gasteiger partial charge in [-0.2, -0.15) is 11.8 Å². The van der Waals surface area contributed by atoms with Crippen LogP contribution in [-0.4, -0.2) is 10.5 Å². The van der Waals surface area contributed by atoms with Crippen molar-refractivity contribution in [3.8, 4) is 0 Å². The number of thioether (sulfide) groups is 1. The standard InChI is InChI=1S/C32H62S/c1-5-9-21-27(7-3)31(29-23-17-13-11-14-18-24-29)33-32(28(8-4)22-10-6-2)30-25-19-15-12-16-20-26-30/h27-32H,5-26H2,1-4H3. The molecule has 0 saturated heterocycles. The number of unbranched alkanes of at least 4 members (excludes halogenated alkanes) is 2. The van der Waals surface area contributed by atoms with Crippen molar-refractivity contribution in [1.82, 2.24) is 0 Å². The molecule has 4 unspecified atom stereocenters. The van der Waals surface area contributed by atoms with Crippen LogP contribution in [0.4, 0.5) is 0 Å². The van der Waals surface area contributed by atoms with Crippen LogP contribution in [-0.2, 0) is 0 Å². The second-order valence-corrected chi connectivity index (χ2v) is 13.3. The summed E-state index contributed by atoms with van der Waals surface area (Å²) in [5.74, 6) is 3.91. The van der Waals surface area contributed by atoms with Gasteiger partial charge in [-0.05, 0) is 62.2 Å². The molecular formula is C32H62S. The Morgan fingerprint density at radius 3 is 1.15 bits per heavy atom. The summed E-state index contributed by atoms with van der Waals surface area (Å²) in [6.07, 6.45) is 32.6. The van der Waals surface area contributed by atoms with Gasteiger partial charge in [-0.3, -0.25) is 0 Å². The molecule has 0 bridgehead atoms. The van der Waals surface area contributed by atoms with Gasteiger partial charge in [-0.25, -0.2) is 0 Å². The van der Waals surface area contributed by atoms with Gasteiger partial charge in [0.15, 0.2) is 0 Å². The highest BCUT2D eigenvalue weighted by molar-refractivity contribution is 8.00. The van der Waals surface area contributed by atoms with Gasteiger partial charge in [0.05, 0.1) is 0 Å². The molecule has 4 atom stereocenters. The van der Waals surface area contributed by atoms with Crippen molar-refractivity contribution in [3.63, 3.8) is 0 Å². The van der Waals surface area contributed by atoms with E-state index in [1.54, 1.807) is 0 Å². The third-order valence-electron chi connectivity index (χ3n) is 9.38. The van der Waals surface area contributed by atoms with Gasteiger partial charge in [0, 0.05) is 10.5 Å². The Hall–Kier alpha value is 0.350. The maximum absolute atomic E-state index is 2.60. The van der Waals surface area contributed by atoms with Crippen LogP contribution in [0, 0.1) is 23.7 Å². The summed E-state index contributed by atoms with van der Waals surface area (Å²) >= 11 is 2.60. The first kappa shape index (κ1) is 29.6. The monoisotopic (exact) mass is 478 g/mol.